The zero-order valence-electron chi connectivity index (χ0n) is 28.0. The van der Waals surface area contributed by atoms with Crippen LogP contribution >= 0.6 is 22.7 Å². The van der Waals surface area contributed by atoms with Gasteiger partial charge in [0.15, 0.2) is 0 Å². The Morgan fingerprint density at radius 2 is 0.844 bits per heavy atom. The molecule has 0 N–H and O–H groups in total. The Morgan fingerprint density at radius 1 is 0.444 bits per heavy atom. The van der Waals surface area contributed by atoms with Crippen LogP contribution in [0.5, 0.6) is 0 Å². The third-order valence-corrected chi connectivity index (χ3v) is 13.0. The quantitative estimate of drug-likeness (QED) is 0.105. The number of fused-ring (bicyclic) bond motifs is 9. The summed E-state index contributed by atoms with van der Waals surface area (Å²) in [5, 5.41) is 5.82. The van der Waals surface area contributed by atoms with E-state index >= 15 is 0 Å². The van der Waals surface area contributed by atoms with E-state index < -0.39 is 0 Å². The summed E-state index contributed by atoms with van der Waals surface area (Å²) in [6.07, 6.45) is 18.8. The van der Waals surface area contributed by atoms with Crippen molar-refractivity contribution in [3.63, 3.8) is 0 Å². The minimum absolute atomic E-state index is 0.0977. The molecule has 4 aromatic carbocycles. The van der Waals surface area contributed by atoms with Crippen LogP contribution < -0.4 is 0 Å². The normalized spacial score (nSPS) is 13.9. The SMILES string of the molecule is CCCCCCCCC1(CCCCCCCC)c2cc3c(cc2-c2cc4sc5cc(C)ccc5c4cc21)sc1cc(C)ccc13. The average Bonchev–Trinajstić information content (AvgIpc) is 3.65. The van der Waals surface area contributed by atoms with Crippen LogP contribution in [0, 0.1) is 13.8 Å². The van der Waals surface area contributed by atoms with E-state index in [2.05, 4.69) is 88.4 Å². The number of thiophene rings is 2. The van der Waals surface area contributed by atoms with Gasteiger partial charge in [-0.15, -0.1) is 22.7 Å². The third-order valence-electron chi connectivity index (χ3n) is 10.8. The second-order valence-electron chi connectivity index (χ2n) is 14.1. The molecule has 0 amide bonds. The van der Waals surface area contributed by atoms with Gasteiger partial charge < -0.3 is 0 Å². The molecular weight excluding hydrogens is 581 g/mol. The molecular formula is C43H50S2. The van der Waals surface area contributed by atoms with E-state index in [9.17, 15) is 0 Å². The molecule has 0 saturated carbocycles. The topological polar surface area (TPSA) is 0 Å². The highest BCUT2D eigenvalue weighted by Crippen LogP contribution is 2.57. The fourth-order valence-electron chi connectivity index (χ4n) is 8.32. The van der Waals surface area contributed by atoms with Crippen LogP contribution in [0.25, 0.3) is 51.5 Å². The Hall–Kier alpha value is -2.68. The van der Waals surface area contributed by atoms with Gasteiger partial charge in [-0.1, -0.05) is 115 Å². The van der Waals surface area contributed by atoms with E-state index in [0.29, 0.717) is 0 Å². The van der Waals surface area contributed by atoms with Crippen LogP contribution in [-0.2, 0) is 5.41 Å². The molecule has 0 radical (unpaired) electrons. The molecule has 2 aromatic heterocycles. The summed E-state index contributed by atoms with van der Waals surface area (Å²) in [5.74, 6) is 0. The van der Waals surface area contributed by atoms with Crippen molar-refractivity contribution < 1.29 is 0 Å². The predicted molar refractivity (Wildman–Crippen MR) is 204 cm³/mol. The van der Waals surface area contributed by atoms with Crippen molar-refractivity contribution in [2.45, 2.75) is 123 Å². The summed E-state index contributed by atoms with van der Waals surface area (Å²) in [4.78, 5) is 0. The van der Waals surface area contributed by atoms with Crippen molar-refractivity contribution in [3.8, 4) is 11.1 Å². The van der Waals surface area contributed by atoms with E-state index in [1.165, 1.54) is 152 Å². The van der Waals surface area contributed by atoms with Crippen molar-refractivity contribution in [1.82, 2.24) is 0 Å². The molecule has 2 heteroatoms. The fourth-order valence-corrected chi connectivity index (χ4v) is 10.8. The Labute approximate surface area is 278 Å². The monoisotopic (exact) mass is 630 g/mol. The largest absolute Gasteiger partial charge is 0.135 e. The molecule has 1 aliphatic rings. The standard InChI is InChI=1S/C43H50S2/c1-5-7-9-11-13-15-21-43(22-16-14-12-10-8-6-2)37-25-35-31-19-17-29(3)23-39(31)44-41(35)27-33(37)34-28-42-36(26-38(34)43)32-20-18-30(4)24-40(32)45-42/h17-20,23-28H,5-16,21-22H2,1-4H3. The summed E-state index contributed by atoms with van der Waals surface area (Å²) in [5.41, 5.74) is 9.11. The summed E-state index contributed by atoms with van der Waals surface area (Å²) in [6.45, 7) is 9.11. The van der Waals surface area contributed by atoms with E-state index in [4.69, 9.17) is 0 Å². The summed E-state index contributed by atoms with van der Waals surface area (Å²) in [6, 6.07) is 24.7. The molecule has 7 rings (SSSR count). The second kappa shape index (κ2) is 13.2. The fraction of sp³-hybridized carbons (Fsp3) is 0.442. The Balaban J connectivity index is 1.39. The highest BCUT2D eigenvalue weighted by molar-refractivity contribution is 7.26. The average molecular weight is 631 g/mol. The van der Waals surface area contributed by atoms with Crippen LogP contribution in [0.15, 0.2) is 60.7 Å². The van der Waals surface area contributed by atoms with E-state index in [1.54, 1.807) is 11.1 Å². The summed E-state index contributed by atoms with van der Waals surface area (Å²) < 4.78 is 5.76. The number of rotatable bonds is 14. The van der Waals surface area contributed by atoms with Crippen molar-refractivity contribution in [1.29, 1.82) is 0 Å². The van der Waals surface area contributed by atoms with Gasteiger partial charge in [0.25, 0.3) is 0 Å². The molecule has 234 valence electrons. The molecule has 0 saturated heterocycles. The molecule has 2 heterocycles. The van der Waals surface area contributed by atoms with Crippen molar-refractivity contribution in [3.05, 3.63) is 82.9 Å². The number of unbranched alkanes of at least 4 members (excludes halogenated alkanes) is 10. The van der Waals surface area contributed by atoms with E-state index in [-0.39, 0.29) is 5.41 Å². The predicted octanol–water partition coefficient (Wildman–Crippen LogP) is 14.8. The van der Waals surface area contributed by atoms with Gasteiger partial charge in [0.2, 0.25) is 0 Å². The van der Waals surface area contributed by atoms with Crippen molar-refractivity contribution in [2.75, 3.05) is 0 Å². The van der Waals surface area contributed by atoms with Crippen molar-refractivity contribution in [2.24, 2.45) is 0 Å². The van der Waals surface area contributed by atoms with Gasteiger partial charge in [-0.2, -0.15) is 0 Å². The van der Waals surface area contributed by atoms with Crippen LogP contribution in [0.2, 0.25) is 0 Å². The molecule has 6 aromatic rings. The number of hydrogen-bond donors (Lipinski definition) is 0. The Morgan fingerprint density at radius 3 is 1.29 bits per heavy atom. The first kappa shape index (κ1) is 30.9. The molecule has 0 atom stereocenters. The first-order chi connectivity index (χ1) is 22.0. The lowest BCUT2D eigenvalue weighted by Gasteiger charge is -2.33. The van der Waals surface area contributed by atoms with E-state index in [0.717, 1.165) is 0 Å². The smallest absolute Gasteiger partial charge is 0.0361 e. The van der Waals surface area contributed by atoms with Crippen LogP contribution in [0.3, 0.4) is 0 Å². The minimum Gasteiger partial charge on any atom is -0.135 e. The minimum atomic E-state index is 0.0977. The zero-order chi connectivity index (χ0) is 31.0. The first-order valence-electron chi connectivity index (χ1n) is 18.0. The zero-order valence-corrected chi connectivity index (χ0v) is 29.6. The maximum absolute atomic E-state index is 2.67. The summed E-state index contributed by atoms with van der Waals surface area (Å²) >= 11 is 3.97. The highest BCUT2D eigenvalue weighted by Gasteiger charge is 2.43. The van der Waals surface area contributed by atoms with E-state index in [1.807, 2.05) is 22.7 Å². The molecule has 45 heavy (non-hydrogen) atoms. The summed E-state index contributed by atoms with van der Waals surface area (Å²) in [7, 11) is 0. The lowest BCUT2D eigenvalue weighted by Crippen LogP contribution is -2.25. The maximum atomic E-state index is 2.67. The molecule has 0 spiro atoms. The van der Waals surface area contributed by atoms with Crippen LogP contribution in [0.4, 0.5) is 0 Å². The molecule has 0 bridgehead atoms. The third kappa shape index (κ3) is 5.76. The van der Waals surface area contributed by atoms with Gasteiger partial charge in [0, 0.05) is 45.8 Å². The lowest BCUT2D eigenvalue weighted by molar-refractivity contribution is 0.398. The lowest BCUT2D eigenvalue weighted by atomic mass is 9.70. The Kier molecular flexibility index (Phi) is 9.08. The molecule has 0 unspecified atom stereocenters. The molecule has 0 aliphatic heterocycles. The highest BCUT2D eigenvalue weighted by atomic mass is 32.1. The van der Waals surface area contributed by atoms with Gasteiger partial charge in [-0.05, 0) is 96.5 Å². The molecule has 0 nitrogen and oxygen atoms in total. The second-order valence-corrected chi connectivity index (χ2v) is 16.3. The molecule has 1 aliphatic carbocycles. The van der Waals surface area contributed by atoms with Gasteiger partial charge in [0.05, 0.1) is 0 Å². The van der Waals surface area contributed by atoms with Crippen LogP contribution in [-0.4, -0.2) is 0 Å². The number of aryl methyl sites for hydroxylation is 2. The maximum Gasteiger partial charge on any atom is 0.0361 e. The van der Waals surface area contributed by atoms with Crippen molar-refractivity contribution >= 4 is 63.0 Å². The number of hydrogen-bond acceptors (Lipinski definition) is 2. The van der Waals surface area contributed by atoms with Gasteiger partial charge in [-0.25, -0.2) is 0 Å². The van der Waals surface area contributed by atoms with Crippen LogP contribution in [0.1, 0.15) is 126 Å². The van der Waals surface area contributed by atoms with Gasteiger partial charge in [-0.3, -0.25) is 0 Å². The van der Waals surface area contributed by atoms with Gasteiger partial charge >= 0.3 is 0 Å². The Bertz CT molecular complexity index is 1820. The first-order valence-corrected chi connectivity index (χ1v) is 19.6. The molecule has 0 fully saturated rings. The van der Waals surface area contributed by atoms with Gasteiger partial charge in [0.1, 0.15) is 0 Å². The number of benzene rings is 4.